The summed E-state index contributed by atoms with van der Waals surface area (Å²) in [7, 11) is 0. The van der Waals surface area contributed by atoms with Crippen LogP contribution in [0.15, 0.2) is 22.5 Å². The average molecular weight is 395 g/mol. The summed E-state index contributed by atoms with van der Waals surface area (Å²) in [6.07, 6.45) is 0. The molecule has 10 heteroatoms. The topological polar surface area (TPSA) is 94.1 Å². The van der Waals surface area contributed by atoms with E-state index in [1.807, 2.05) is 6.92 Å². The maximum atomic E-state index is 12.0. The predicted octanol–water partition coefficient (Wildman–Crippen LogP) is 3.36. The van der Waals surface area contributed by atoms with Gasteiger partial charge in [-0.2, -0.15) is 0 Å². The van der Waals surface area contributed by atoms with Gasteiger partial charge in [-0.15, -0.1) is 10.2 Å². The monoisotopic (exact) mass is 394 g/mol. The summed E-state index contributed by atoms with van der Waals surface area (Å²) in [5.41, 5.74) is 1.19. The predicted molar refractivity (Wildman–Crippen MR) is 99.6 cm³/mol. The molecule has 0 atom stereocenters. The Kier molecular flexibility index (Phi) is 5.61. The number of ether oxygens (including phenoxy) is 1. The van der Waals surface area contributed by atoms with E-state index in [1.54, 1.807) is 25.1 Å². The minimum absolute atomic E-state index is 0.164. The standard InChI is InChI=1S/C15H14N4O3S3/c1-3-22-13(21)9-4-5-10-11(6-9)25-14(16-10)17-12(20)7-23-15-19-18-8(2)24-15/h4-6H,3,7H2,1-2H3,(H,16,17,20). The van der Waals surface area contributed by atoms with Gasteiger partial charge in [0.15, 0.2) is 9.47 Å². The van der Waals surface area contributed by atoms with Gasteiger partial charge in [0.05, 0.1) is 28.1 Å². The van der Waals surface area contributed by atoms with Crippen LogP contribution in [0.5, 0.6) is 0 Å². The number of nitrogens with one attached hydrogen (secondary N) is 1. The first kappa shape index (κ1) is 17.8. The first-order valence-electron chi connectivity index (χ1n) is 7.35. The second kappa shape index (κ2) is 7.89. The van der Waals surface area contributed by atoms with Crippen LogP contribution in [0, 0.1) is 6.92 Å². The van der Waals surface area contributed by atoms with Crippen LogP contribution < -0.4 is 5.32 Å². The summed E-state index contributed by atoms with van der Waals surface area (Å²) in [6.45, 7) is 3.96. The van der Waals surface area contributed by atoms with Crippen molar-refractivity contribution in [3.05, 3.63) is 28.8 Å². The molecule has 1 N–H and O–H groups in total. The second-order valence-electron chi connectivity index (χ2n) is 4.85. The first-order chi connectivity index (χ1) is 12.0. The summed E-state index contributed by atoms with van der Waals surface area (Å²) in [5, 5.41) is 12.0. The van der Waals surface area contributed by atoms with E-state index in [2.05, 4.69) is 20.5 Å². The number of thioether (sulfide) groups is 1. The number of carbonyl (C=O) groups excluding carboxylic acids is 2. The highest BCUT2D eigenvalue weighted by Gasteiger charge is 2.12. The lowest BCUT2D eigenvalue weighted by Gasteiger charge is -2.00. The minimum Gasteiger partial charge on any atom is -0.462 e. The molecule has 2 heterocycles. The van der Waals surface area contributed by atoms with Crippen LogP contribution in [-0.4, -0.2) is 39.4 Å². The van der Waals surface area contributed by atoms with Crippen molar-refractivity contribution in [2.45, 2.75) is 18.2 Å². The molecule has 0 radical (unpaired) electrons. The van der Waals surface area contributed by atoms with Gasteiger partial charge >= 0.3 is 5.97 Å². The Balaban J connectivity index is 1.64. The third kappa shape index (κ3) is 4.53. The summed E-state index contributed by atoms with van der Waals surface area (Å²) in [6, 6.07) is 5.13. The van der Waals surface area contributed by atoms with Crippen LogP contribution in [0.1, 0.15) is 22.3 Å². The van der Waals surface area contributed by atoms with Crippen molar-refractivity contribution in [2.75, 3.05) is 17.7 Å². The van der Waals surface area contributed by atoms with Gasteiger partial charge in [-0.05, 0) is 32.0 Å². The van der Waals surface area contributed by atoms with Crippen molar-refractivity contribution in [3.8, 4) is 0 Å². The molecule has 130 valence electrons. The highest BCUT2D eigenvalue weighted by Crippen LogP contribution is 2.28. The molecule has 3 rings (SSSR count). The molecule has 1 amide bonds. The average Bonchev–Trinajstić information content (AvgIpc) is 3.17. The molecular weight excluding hydrogens is 380 g/mol. The number of rotatable bonds is 6. The van der Waals surface area contributed by atoms with Crippen LogP contribution in [0.3, 0.4) is 0 Å². The maximum absolute atomic E-state index is 12.0. The molecular formula is C15H14N4O3S3. The zero-order chi connectivity index (χ0) is 17.8. The molecule has 3 aromatic rings. The lowest BCUT2D eigenvalue weighted by atomic mass is 10.2. The van der Waals surface area contributed by atoms with Gasteiger partial charge in [0, 0.05) is 0 Å². The number of fused-ring (bicyclic) bond motifs is 1. The number of amides is 1. The van der Waals surface area contributed by atoms with Crippen LogP contribution in [0.25, 0.3) is 10.2 Å². The lowest BCUT2D eigenvalue weighted by Crippen LogP contribution is -2.13. The highest BCUT2D eigenvalue weighted by atomic mass is 32.2. The van der Waals surface area contributed by atoms with Gasteiger partial charge in [0.25, 0.3) is 0 Å². The van der Waals surface area contributed by atoms with E-state index in [0.717, 1.165) is 19.6 Å². The van der Waals surface area contributed by atoms with Crippen molar-refractivity contribution in [1.82, 2.24) is 15.2 Å². The third-order valence-electron chi connectivity index (χ3n) is 2.98. The Morgan fingerprint density at radius 1 is 1.28 bits per heavy atom. The Bertz CT molecular complexity index is 922. The summed E-state index contributed by atoms with van der Waals surface area (Å²) in [4.78, 5) is 28.2. The highest BCUT2D eigenvalue weighted by molar-refractivity contribution is 8.01. The van der Waals surface area contributed by atoms with Gasteiger partial charge in [-0.3, -0.25) is 4.79 Å². The Morgan fingerprint density at radius 2 is 2.12 bits per heavy atom. The van der Waals surface area contributed by atoms with Crippen LogP contribution in [-0.2, 0) is 9.53 Å². The van der Waals surface area contributed by atoms with E-state index in [-0.39, 0.29) is 17.6 Å². The largest absolute Gasteiger partial charge is 0.462 e. The van der Waals surface area contributed by atoms with Crippen LogP contribution >= 0.6 is 34.4 Å². The molecule has 0 saturated heterocycles. The number of carbonyl (C=O) groups is 2. The quantitative estimate of drug-likeness (QED) is 0.506. The Hall–Kier alpha value is -2.04. The van der Waals surface area contributed by atoms with Crippen molar-refractivity contribution in [2.24, 2.45) is 0 Å². The molecule has 25 heavy (non-hydrogen) atoms. The fourth-order valence-electron chi connectivity index (χ4n) is 1.94. The molecule has 0 aliphatic carbocycles. The lowest BCUT2D eigenvalue weighted by molar-refractivity contribution is -0.113. The minimum atomic E-state index is -0.368. The SMILES string of the molecule is CCOC(=O)c1ccc2nc(NC(=O)CSc3nnc(C)s3)sc2c1. The summed E-state index contributed by atoms with van der Waals surface area (Å²) < 4.78 is 6.56. The van der Waals surface area contributed by atoms with Gasteiger partial charge < -0.3 is 10.1 Å². The number of benzene rings is 1. The van der Waals surface area contributed by atoms with Crippen molar-refractivity contribution < 1.29 is 14.3 Å². The van der Waals surface area contributed by atoms with E-state index in [0.29, 0.717) is 17.3 Å². The smallest absolute Gasteiger partial charge is 0.338 e. The third-order valence-corrected chi connectivity index (χ3v) is 5.89. The maximum Gasteiger partial charge on any atom is 0.338 e. The van der Waals surface area contributed by atoms with Crippen molar-refractivity contribution in [3.63, 3.8) is 0 Å². The molecule has 1 aromatic carbocycles. The van der Waals surface area contributed by atoms with Crippen molar-refractivity contribution >= 4 is 61.7 Å². The van der Waals surface area contributed by atoms with E-state index in [9.17, 15) is 9.59 Å². The number of aryl methyl sites for hydroxylation is 1. The number of anilines is 1. The van der Waals surface area contributed by atoms with Crippen molar-refractivity contribution in [1.29, 1.82) is 0 Å². The second-order valence-corrected chi connectivity index (χ2v) is 8.28. The van der Waals surface area contributed by atoms with Crippen LogP contribution in [0.2, 0.25) is 0 Å². The fourth-order valence-corrected chi connectivity index (χ4v) is 4.48. The van der Waals surface area contributed by atoms with Gasteiger partial charge in [-0.1, -0.05) is 34.4 Å². The number of hydrogen-bond donors (Lipinski definition) is 1. The normalized spacial score (nSPS) is 10.8. The molecule has 7 nitrogen and oxygen atoms in total. The van der Waals surface area contributed by atoms with E-state index in [4.69, 9.17) is 4.74 Å². The molecule has 0 spiro atoms. The zero-order valence-electron chi connectivity index (χ0n) is 13.4. The summed E-state index contributed by atoms with van der Waals surface area (Å²) >= 11 is 4.10. The molecule has 0 fully saturated rings. The number of thiazole rings is 1. The Morgan fingerprint density at radius 3 is 2.84 bits per heavy atom. The molecule has 0 aliphatic heterocycles. The number of aromatic nitrogens is 3. The van der Waals surface area contributed by atoms with E-state index in [1.165, 1.54) is 34.4 Å². The fraction of sp³-hybridized carbons (Fsp3) is 0.267. The molecule has 0 aliphatic rings. The Labute approximate surface area is 155 Å². The van der Waals surface area contributed by atoms with Gasteiger partial charge in [0.1, 0.15) is 5.01 Å². The molecule has 0 saturated carbocycles. The molecule has 2 aromatic heterocycles. The van der Waals surface area contributed by atoms with Gasteiger partial charge in [-0.25, -0.2) is 9.78 Å². The van der Waals surface area contributed by atoms with E-state index >= 15 is 0 Å². The number of nitrogens with zero attached hydrogens (tertiary/aromatic N) is 3. The summed E-state index contributed by atoms with van der Waals surface area (Å²) in [5.74, 6) is -0.298. The number of hydrogen-bond acceptors (Lipinski definition) is 9. The number of esters is 1. The first-order valence-corrected chi connectivity index (χ1v) is 9.97. The zero-order valence-corrected chi connectivity index (χ0v) is 15.9. The van der Waals surface area contributed by atoms with E-state index < -0.39 is 0 Å². The molecule has 0 bridgehead atoms. The molecule has 0 unspecified atom stereocenters. The van der Waals surface area contributed by atoms with Crippen LogP contribution in [0.4, 0.5) is 5.13 Å². The van der Waals surface area contributed by atoms with Gasteiger partial charge in [0.2, 0.25) is 5.91 Å².